The highest BCUT2D eigenvalue weighted by molar-refractivity contribution is 5.70. The number of carbonyl (C=O) groups excluding carboxylic acids is 2. The van der Waals surface area contributed by atoms with Crippen LogP contribution in [0.25, 0.3) is 6.08 Å². The average Bonchev–Trinajstić information content (AvgIpc) is 4.00. The molecule has 5 aliphatic rings. The van der Waals surface area contributed by atoms with Crippen molar-refractivity contribution in [2.75, 3.05) is 0 Å². The number of fused-ring (bicyclic) bond motifs is 4. The van der Waals surface area contributed by atoms with Gasteiger partial charge in [-0.3, -0.25) is 9.97 Å². The zero-order valence-electron chi connectivity index (χ0n) is 38.9. The fourth-order valence-corrected chi connectivity index (χ4v) is 9.27. The molecule has 4 aromatic rings. The van der Waals surface area contributed by atoms with E-state index in [9.17, 15) is 9.59 Å². The summed E-state index contributed by atoms with van der Waals surface area (Å²) in [5, 5.41) is 0. The largest absolute Gasteiger partial charge is 0.474 e. The summed E-state index contributed by atoms with van der Waals surface area (Å²) in [4.78, 5) is 55.3. The standard InChI is InChI=1S/C25H32N4O4.C24H30N4O4/c1-15-22(27-14-28-23(15)32-20-6-5-11-26-21(20)16-7-8-16)31-19-12-17-9-10-18(13-19)29(17)24(30)33-25(2,3)4;1-6-19-20(8-7-11-25-19)31-22-15(2)21(26-14-27-22)30-18-12-16-9-10-17(13-18)28(16)23(29)32-24(3,4)5/h5-6,11,14,16-19H,7-10,12-13H2,1-4H3;6-8,11,14,16-18H,1,9-10,12-13H2,2-5H3. The van der Waals surface area contributed by atoms with E-state index in [1.54, 1.807) is 24.5 Å². The Hall–Kier alpha value is -6.06. The fourth-order valence-electron chi connectivity index (χ4n) is 9.27. The molecular formula is C49H62N8O8. The molecule has 1 aliphatic carbocycles. The molecule has 4 bridgehead atoms. The normalized spacial score (nSPS) is 23.4. The van der Waals surface area contributed by atoms with Crippen molar-refractivity contribution in [1.29, 1.82) is 0 Å². The molecule has 16 nitrogen and oxygen atoms in total. The number of ether oxygens (including phenoxy) is 6. The lowest BCUT2D eigenvalue weighted by Crippen LogP contribution is -2.50. The smallest absolute Gasteiger partial charge is 0.410 e. The minimum absolute atomic E-state index is 0.0111. The molecule has 16 heteroatoms. The van der Waals surface area contributed by atoms with Gasteiger partial charge in [0.15, 0.2) is 11.5 Å². The molecule has 4 saturated heterocycles. The Bertz CT molecular complexity index is 2340. The van der Waals surface area contributed by atoms with Gasteiger partial charge < -0.3 is 38.2 Å². The molecule has 8 heterocycles. The first kappa shape index (κ1) is 45.5. The fraction of sp³-hybridized carbons (Fsp3) is 0.551. The summed E-state index contributed by atoms with van der Waals surface area (Å²) in [5.74, 6) is 3.73. The predicted molar refractivity (Wildman–Crippen MR) is 241 cm³/mol. The molecule has 4 aliphatic heterocycles. The zero-order chi connectivity index (χ0) is 46.0. The number of carbonyl (C=O) groups is 2. The third kappa shape index (κ3) is 10.9. The van der Waals surface area contributed by atoms with Crippen LogP contribution < -0.4 is 18.9 Å². The van der Waals surface area contributed by atoms with Gasteiger partial charge in [-0.2, -0.15) is 0 Å². The van der Waals surface area contributed by atoms with Gasteiger partial charge in [0.1, 0.15) is 41.8 Å². The van der Waals surface area contributed by atoms with E-state index in [2.05, 4.69) is 36.5 Å². The minimum Gasteiger partial charge on any atom is -0.474 e. The summed E-state index contributed by atoms with van der Waals surface area (Å²) in [7, 11) is 0. The second-order valence-electron chi connectivity index (χ2n) is 19.6. The van der Waals surface area contributed by atoms with Crippen molar-refractivity contribution < 1.29 is 38.0 Å². The molecule has 4 aromatic heterocycles. The first-order valence-electron chi connectivity index (χ1n) is 22.9. The van der Waals surface area contributed by atoms with Crippen molar-refractivity contribution in [3.63, 3.8) is 0 Å². The molecule has 0 N–H and O–H groups in total. The van der Waals surface area contributed by atoms with E-state index in [-0.39, 0.29) is 48.6 Å². The number of amides is 2. The Kier molecular flexibility index (Phi) is 13.2. The van der Waals surface area contributed by atoms with Crippen LogP contribution in [0.4, 0.5) is 9.59 Å². The lowest BCUT2D eigenvalue weighted by atomic mass is 10.00. The van der Waals surface area contributed by atoms with E-state index in [0.717, 1.165) is 81.2 Å². The molecule has 65 heavy (non-hydrogen) atoms. The van der Waals surface area contributed by atoms with Crippen LogP contribution in [0, 0.1) is 13.8 Å². The van der Waals surface area contributed by atoms with Crippen molar-refractivity contribution >= 4 is 18.3 Å². The highest BCUT2D eigenvalue weighted by atomic mass is 16.6. The number of nitrogens with zero attached hydrogens (tertiary/aromatic N) is 8. The SMILES string of the molecule is C=Cc1ncccc1Oc1ncnc(OC2CC3CCC(C2)N3C(=O)OC(C)(C)C)c1C.Cc1c(Oc2cccnc2C2CC2)ncnc1OC1CC2CCC(C1)N2C(=O)OC(C)(C)C. The summed E-state index contributed by atoms with van der Waals surface area (Å²) in [6.07, 6.45) is 16.8. The Labute approximate surface area is 381 Å². The van der Waals surface area contributed by atoms with Crippen molar-refractivity contribution in [2.24, 2.45) is 0 Å². The zero-order valence-corrected chi connectivity index (χ0v) is 38.9. The molecule has 2 amide bonds. The van der Waals surface area contributed by atoms with Crippen LogP contribution in [0.5, 0.6) is 35.0 Å². The van der Waals surface area contributed by atoms with Gasteiger partial charge in [-0.1, -0.05) is 6.58 Å². The molecule has 4 atom stereocenters. The van der Waals surface area contributed by atoms with Crippen molar-refractivity contribution in [2.45, 2.75) is 173 Å². The van der Waals surface area contributed by atoms with Crippen LogP contribution in [-0.2, 0) is 9.47 Å². The number of piperidine rings is 2. The monoisotopic (exact) mass is 890 g/mol. The minimum atomic E-state index is -0.502. The molecule has 4 unspecified atom stereocenters. The number of hydrogen-bond donors (Lipinski definition) is 0. The number of rotatable bonds is 10. The maximum atomic E-state index is 12.7. The summed E-state index contributed by atoms with van der Waals surface area (Å²) in [5.41, 5.74) is 2.12. The van der Waals surface area contributed by atoms with Gasteiger partial charge in [0.2, 0.25) is 23.5 Å². The Balaban J connectivity index is 0.000000177. The van der Waals surface area contributed by atoms with Crippen LogP contribution in [0.1, 0.15) is 134 Å². The maximum absolute atomic E-state index is 12.7. The Morgan fingerprint density at radius 3 is 1.45 bits per heavy atom. The van der Waals surface area contributed by atoms with E-state index in [4.69, 9.17) is 28.4 Å². The summed E-state index contributed by atoms with van der Waals surface area (Å²) in [6, 6.07) is 7.95. The second-order valence-corrected chi connectivity index (χ2v) is 19.6. The number of aromatic nitrogens is 6. The number of pyridine rings is 2. The van der Waals surface area contributed by atoms with Crippen LogP contribution in [-0.4, -0.2) is 99.5 Å². The van der Waals surface area contributed by atoms with Crippen molar-refractivity contribution in [1.82, 2.24) is 39.7 Å². The molecule has 1 saturated carbocycles. The highest BCUT2D eigenvalue weighted by Gasteiger charge is 2.47. The Morgan fingerprint density at radius 2 is 1.02 bits per heavy atom. The first-order valence-corrected chi connectivity index (χ1v) is 22.9. The molecule has 0 radical (unpaired) electrons. The number of hydrogen-bond acceptors (Lipinski definition) is 14. The van der Waals surface area contributed by atoms with Gasteiger partial charge in [-0.15, -0.1) is 0 Å². The topological polar surface area (TPSA) is 173 Å². The van der Waals surface area contributed by atoms with Crippen LogP contribution >= 0.6 is 0 Å². The van der Waals surface area contributed by atoms with Gasteiger partial charge in [-0.25, -0.2) is 29.5 Å². The van der Waals surface area contributed by atoms with E-state index < -0.39 is 11.2 Å². The van der Waals surface area contributed by atoms with Gasteiger partial charge in [0.25, 0.3) is 0 Å². The van der Waals surface area contributed by atoms with E-state index in [1.165, 1.54) is 12.7 Å². The van der Waals surface area contributed by atoms with Crippen LogP contribution in [0.3, 0.4) is 0 Å². The van der Waals surface area contributed by atoms with Crippen LogP contribution in [0.15, 0.2) is 55.9 Å². The second kappa shape index (κ2) is 18.8. The molecule has 9 rings (SSSR count). The molecule has 346 valence electrons. The first-order chi connectivity index (χ1) is 31.0. The third-order valence-electron chi connectivity index (χ3n) is 12.3. The molecule has 0 spiro atoms. The molecule has 5 fully saturated rings. The quantitative estimate of drug-likeness (QED) is 0.147. The van der Waals surface area contributed by atoms with Crippen molar-refractivity contribution in [3.8, 4) is 35.0 Å². The lowest BCUT2D eigenvalue weighted by molar-refractivity contribution is -0.00897. The summed E-state index contributed by atoms with van der Waals surface area (Å²) < 4.78 is 36.0. The average molecular weight is 891 g/mol. The van der Waals surface area contributed by atoms with E-state index in [1.807, 2.05) is 83.4 Å². The van der Waals surface area contributed by atoms with Gasteiger partial charge in [0, 0.05) is 68.2 Å². The van der Waals surface area contributed by atoms with Crippen molar-refractivity contribution in [3.05, 3.63) is 78.4 Å². The predicted octanol–water partition coefficient (Wildman–Crippen LogP) is 10.1. The lowest BCUT2D eigenvalue weighted by Gasteiger charge is -2.39. The van der Waals surface area contributed by atoms with E-state index >= 15 is 0 Å². The van der Waals surface area contributed by atoms with Gasteiger partial charge in [-0.05, 0) is 124 Å². The third-order valence-corrected chi connectivity index (χ3v) is 12.3. The van der Waals surface area contributed by atoms with Gasteiger partial charge >= 0.3 is 12.2 Å². The highest BCUT2D eigenvalue weighted by Crippen LogP contribution is 2.45. The van der Waals surface area contributed by atoms with Crippen LogP contribution in [0.2, 0.25) is 0 Å². The van der Waals surface area contributed by atoms with Gasteiger partial charge in [0.05, 0.1) is 16.8 Å². The van der Waals surface area contributed by atoms with E-state index in [0.29, 0.717) is 46.4 Å². The summed E-state index contributed by atoms with van der Waals surface area (Å²) in [6.45, 7) is 18.9. The molecule has 0 aromatic carbocycles. The molecular weight excluding hydrogens is 829 g/mol. The summed E-state index contributed by atoms with van der Waals surface area (Å²) >= 11 is 0. The maximum Gasteiger partial charge on any atom is 0.410 e. The Morgan fingerprint density at radius 1 is 0.600 bits per heavy atom.